The third-order valence-corrected chi connectivity index (χ3v) is 8.09. The number of hydrogen-bond acceptors (Lipinski definition) is 4. The summed E-state index contributed by atoms with van der Waals surface area (Å²) in [5.41, 5.74) is 3.85. The van der Waals surface area contributed by atoms with E-state index in [1.54, 1.807) is 19.2 Å². The molecule has 0 heterocycles. The monoisotopic (exact) mass is 462 g/mol. The van der Waals surface area contributed by atoms with E-state index in [1.807, 2.05) is 31.2 Å². The topological polar surface area (TPSA) is 65.0 Å². The Labute approximate surface area is 201 Å². The van der Waals surface area contributed by atoms with Crippen molar-refractivity contribution in [2.45, 2.75) is 57.2 Å². The van der Waals surface area contributed by atoms with Gasteiger partial charge in [0.1, 0.15) is 5.75 Å². The molecule has 5 nitrogen and oxygen atoms in total. The molecule has 0 amide bonds. The summed E-state index contributed by atoms with van der Waals surface area (Å²) < 4.78 is 17.1. The lowest BCUT2D eigenvalue weighted by Gasteiger charge is -2.57. The van der Waals surface area contributed by atoms with Gasteiger partial charge < -0.3 is 19.3 Å². The zero-order valence-electron chi connectivity index (χ0n) is 20.0. The molecule has 4 aliphatic carbocycles. The first-order valence-electron chi connectivity index (χ1n) is 12.4. The molecule has 0 aliphatic heterocycles. The molecule has 2 aromatic rings. The summed E-state index contributed by atoms with van der Waals surface area (Å²) in [4.78, 5) is 11.1. The van der Waals surface area contributed by atoms with Gasteiger partial charge in [-0.3, -0.25) is 0 Å². The first kappa shape index (κ1) is 23.1. The van der Waals surface area contributed by atoms with Crippen LogP contribution in [-0.2, 0) is 14.9 Å². The third-order valence-electron chi connectivity index (χ3n) is 8.09. The summed E-state index contributed by atoms with van der Waals surface area (Å²) in [6, 6.07) is 13.5. The molecule has 34 heavy (non-hydrogen) atoms. The van der Waals surface area contributed by atoms with E-state index in [9.17, 15) is 4.79 Å². The van der Waals surface area contributed by atoms with Gasteiger partial charge in [-0.15, -0.1) is 0 Å². The highest BCUT2D eigenvalue weighted by Crippen LogP contribution is 2.61. The van der Waals surface area contributed by atoms with Crippen molar-refractivity contribution in [3.05, 3.63) is 64.7 Å². The van der Waals surface area contributed by atoms with Crippen LogP contribution in [0.1, 0.15) is 72.5 Å². The zero-order valence-corrected chi connectivity index (χ0v) is 20.0. The van der Waals surface area contributed by atoms with Crippen molar-refractivity contribution < 1.29 is 24.1 Å². The van der Waals surface area contributed by atoms with Crippen molar-refractivity contribution in [3.8, 4) is 5.75 Å². The minimum absolute atomic E-state index is 0.151. The molecule has 4 fully saturated rings. The van der Waals surface area contributed by atoms with E-state index in [4.69, 9.17) is 19.3 Å². The number of methoxy groups -OCH3 is 1. The lowest BCUT2D eigenvalue weighted by molar-refractivity contribution is -0.150. The number of carboxylic acids is 1. The molecule has 5 heteroatoms. The zero-order chi connectivity index (χ0) is 23.7. The Balaban J connectivity index is 1.41. The number of rotatable bonds is 9. The molecule has 6 rings (SSSR count). The van der Waals surface area contributed by atoms with Crippen LogP contribution in [-0.4, -0.2) is 31.3 Å². The largest absolute Gasteiger partial charge is 0.478 e. The van der Waals surface area contributed by atoms with Crippen molar-refractivity contribution in [1.82, 2.24) is 0 Å². The first-order chi connectivity index (χ1) is 16.4. The van der Waals surface area contributed by atoms with Gasteiger partial charge in [0.15, 0.2) is 13.1 Å². The van der Waals surface area contributed by atoms with E-state index >= 15 is 0 Å². The number of benzene rings is 2. The van der Waals surface area contributed by atoms with Crippen molar-refractivity contribution in [2.24, 2.45) is 17.8 Å². The number of aromatic carboxylic acids is 1. The lowest BCUT2D eigenvalue weighted by Crippen LogP contribution is -2.48. The van der Waals surface area contributed by atoms with Gasteiger partial charge in [0, 0.05) is 12.7 Å². The molecule has 1 unspecified atom stereocenters. The Hall–Kier alpha value is -2.63. The SMILES string of the molecule is COC(C)OCOc1cc(C=Cc2ccc(C(=O)O)cc2)ccc1C12CC3CC(CC(C3)C1)C2. The van der Waals surface area contributed by atoms with Crippen LogP contribution >= 0.6 is 0 Å². The van der Waals surface area contributed by atoms with Crippen molar-refractivity contribution >= 4 is 18.1 Å². The molecule has 0 saturated heterocycles. The van der Waals surface area contributed by atoms with Crippen LogP contribution in [0.15, 0.2) is 42.5 Å². The highest BCUT2D eigenvalue weighted by Gasteiger charge is 2.52. The average Bonchev–Trinajstić information content (AvgIpc) is 2.82. The normalized spacial score (nSPS) is 28.4. The summed E-state index contributed by atoms with van der Waals surface area (Å²) in [5, 5.41) is 9.10. The molecule has 1 atom stereocenters. The van der Waals surface area contributed by atoms with Gasteiger partial charge in [-0.2, -0.15) is 0 Å². The fourth-order valence-electron chi connectivity index (χ4n) is 6.83. The average molecular weight is 463 g/mol. The van der Waals surface area contributed by atoms with Crippen LogP contribution in [0, 0.1) is 17.8 Å². The second-order valence-corrected chi connectivity index (χ2v) is 10.4. The van der Waals surface area contributed by atoms with Gasteiger partial charge in [0.2, 0.25) is 0 Å². The van der Waals surface area contributed by atoms with E-state index in [1.165, 1.54) is 44.1 Å². The Morgan fingerprint density at radius 3 is 2.18 bits per heavy atom. The molecule has 4 saturated carbocycles. The van der Waals surface area contributed by atoms with E-state index in [0.717, 1.165) is 34.6 Å². The maximum absolute atomic E-state index is 11.1. The Kier molecular flexibility index (Phi) is 6.50. The first-order valence-corrected chi connectivity index (χ1v) is 12.4. The molecule has 4 aliphatic rings. The van der Waals surface area contributed by atoms with Crippen LogP contribution in [0.2, 0.25) is 0 Å². The summed E-state index contributed by atoms with van der Waals surface area (Å²) in [6.45, 7) is 2.01. The fraction of sp³-hybridized carbons (Fsp3) is 0.483. The van der Waals surface area contributed by atoms with Gasteiger partial charge >= 0.3 is 5.97 Å². The van der Waals surface area contributed by atoms with Crippen LogP contribution in [0.3, 0.4) is 0 Å². The summed E-state index contributed by atoms with van der Waals surface area (Å²) in [7, 11) is 1.62. The standard InChI is InChI=1S/C29H34O5/c1-19(32-2)33-18-34-27-14-21(4-3-20-5-8-25(9-6-20)28(30)31)7-10-26(27)29-15-22-11-23(16-29)13-24(12-22)17-29/h3-10,14,19,22-24H,11-13,15-18H2,1-2H3,(H,30,31). The van der Waals surface area contributed by atoms with Crippen molar-refractivity contribution in [2.75, 3.05) is 13.9 Å². The quantitative estimate of drug-likeness (QED) is 0.347. The minimum Gasteiger partial charge on any atom is -0.478 e. The van der Waals surface area contributed by atoms with Crippen LogP contribution in [0.4, 0.5) is 0 Å². The molecule has 1 N–H and O–H groups in total. The molecular formula is C29H34O5. The van der Waals surface area contributed by atoms with Crippen molar-refractivity contribution in [3.63, 3.8) is 0 Å². The summed E-state index contributed by atoms with van der Waals surface area (Å²) in [5.74, 6) is 2.57. The summed E-state index contributed by atoms with van der Waals surface area (Å²) in [6.07, 6.45) is 11.8. The third kappa shape index (κ3) is 4.77. The van der Waals surface area contributed by atoms with Gasteiger partial charge in [0.05, 0.1) is 5.56 Å². The molecule has 2 aromatic carbocycles. The molecule has 0 radical (unpaired) electrons. The van der Waals surface area contributed by atoms with E-state index in [2.05, 4.69) is 18.2 Å². The fourth-order valence-corrected chi connectivity index (χ4v) is 6.83. The maximum Gasteiger partial charge on any atom is 0.335 e. The van der Waals surface area contributed by atoms with Gasteiger partial charge in [-0.05, 0) is 97.9 Å². The van der Waals surface area contributed by atoms with Crippen LogP contribution in [0.5, 0.6) is 5.75 Å². The van der Waals surface area contributed by atoms with Gasteiger partial charge in [-0.1, -0.05) is 36.4 Å². The predicted molar refractivity (Wildman–Crippen MR) is 132 cm³/mol. The van der Waals surface area contributed by atoms with Gasteiger partial charge in [-0.25, -0.2) is 4.79 Å². The second-order valence-electron chi connectivity index (χ2n) is 10.4. The summed E-state index contributed by atoms with van der Waals surface area (Å²) >= 11 is 0. The van der Waals surface area contributed by atoms with E-state index < -0.39 is 5.97 Å². The highest BCUT2D eigenvalue weighted by atomic mass is 16.7. The number of carboxylic acid groups (broad SMARTS) is 1. The van der Waals surface area contributed by atoms with Crippen LogP contribution in [0.25, 0.3) is 12.2 Å². The number of ether oxygens (including phenoxy) is 3. The molecule has 4 bridgehead atoms. The maximum atomic E-state index is 11.1. The molecule has 0 aromatic heterocycles. The second kappa shape index (κ2) is 9.55. The van der Waals surface area contributed by atoms with Crippen LogP contribution < -0.4 is 4.74 Å². The highest BCUT2D eigenvalue weighted by molar-refractivity contribution is 5.88. The molecular weight excluding hydrogens is 428 g/mol. The predicted octanol–water partition coefficient (Wildman–Crippen LogP) is 6.37. The lowest BCUT2D eigenvalue weighted by atomic mass is 9.48. The van der Waals surface area contributed by atoms with Gasteiger partial charge in [0.25, 0.3) is 0 Å². The van der Waals surface area contributed by atoms with Crippen molar-refractivity contribution in [1.29, 1.82) is 0 Å². The molecule has 180 valence electrons. The smallest absolute Gasteiger partial charge is 0.335 e. The minimum atomic E-state index is -0.914. The van der Waals surface area contributed by atoms with E-state index in [-0.39, 0.29) is 24.1 Å². The Bertz CT molecular complexity index is 1020. The Morgan fingerprint density at radius 2 is 1.59 bits per heavy atom. The van der Waals surface area contributed by atoms with E-state index in [0.29, 0.717) is 0 Å². The molecule has 0 spiro atoms. The Morgan fingerprint density at radius 1 is 1.00 bits per heavy atom. The number of carbonyl (C=O) groups is 1. The number of hydrogen-bond donors (Lipinski definition) is 1.